The number of hydrogen-bond acceptors (Lipinski definition) is 15. The summed E-state index contributed by atoms with van der Waals surface area (Å²) in [7, 11) is 12.0. The minimum absolute atomic E-state index is 0.00165. The van der Waals surface area contributed by atoms with Gasteiger partial charge in [0, 0.05) is 62.3 Å². The summed E-state index contributed by atoms with van der Waals surface area (Å²) in [5, 5.41) is 25.0. The van der Waals surface area contributed by atoms with Crippen molar-refractivity contribution in [2.45, 2.75) is 222 Å². The number of amides is 12. The average Bonchev–Trinajstić information content (AvgIpc) is 1.18. The number of ether oxygens (including phenoxy) is 2. The number of rotatable bonds is 37. The fourth-order valence-corrected chi connectivity index (χ4v) is 11.0. The molecule has 0 bridgehead atoms. The van der Waals surface area contributed by atoms with Gasteiger partial charge in [-0.05, 0) is 107 Å². The molecule has 0 aliphatic carbocycles. The van der Waals surface area contributed by atoms with E-state index in [4.69, 9.17) is 9.47 Å². The Morgan fingerprint density at radius 1 is 0.516 bits per heavy atom. The molecule has 12 amide bonds. The van der Waals surface area contributed by atoms with Gasteiger partial charge in [0.1, 0.15) is 54.4 Å². The van der Waals surface area contributed by atoms with Gasteiger partial charge >= 0.3 is 6.03 Å². The largest absolute Gasteiger partial charge is 0.390 e. The highest BCUT2D eigenvalue weighted by atomic mass is 16.6. The molecule has 524 valence electrons. The van der Waals surface area contributed by atoms with Crippen molar-refractivity contribution < 1.29 is 67.3 Å². The number of imide groups is 1. The van der Waals surface area contributed by atoms with Crippen LogP contribution in [0, 0.1) is 41.4 Å². The van der Waals surface area contributed by atoms with Crippen molar-refractivity contribution in [1.29, 1.82) is 0 Å². The number of nitrogens with zero attached hydrogens (tertiary/aromatic N) is 7. The number of carbonyl (C=O) groups is 11. The Labute approximate surface area is 544 Å². The fraction of sp³-hybridized carbons (Fsp3) is 0.831. The van der Waals surface area contributed by atoms with Gasteiger partial charge in [0.25, 0.3) is 0 Å². The average molecular weight is 1290 g/mol. The van der Waals surface area contributed by atoms with Crippen LogP contribution in [0.25, 0.3) is 0 Å². The fourth-order valence-electron chi connectivity index (χ4n) is 11.0. The molecule has 26 nitrogen and oxygen atoms in total. The van der Waals surface area contributed by atoms with Crippen LogP contribution in [0.15, 0.2) is 0 Å². The highest BCUT2D eigenvalue weighted by molar-refractivity contribution is 6.00. The summed E-state index contributed by atoms with van der Waals surface area (Å²) >= 11 is 0. The number of likely N-dealkylation sites (N-methyl/N-ethyl adjacent to an activating group) is 7. The Morgan fingerprint density at radius 3 is 1.51 bits per heavy atom. The molecule has 12 atom stereocenters. The number of nitrogens with one attached hydrogen (secondary N) is 5. The van der Waals surface area contributed by atoms with Crippen LogP contribution in [0.4, 0.5) is 4.79 Å². The van der Waals surface area contributed by atoms with E-state index in [2.05, 4.69) is 26.6 Å². The topological polar surface area (TPSA) is 309 Å². The molecule has 0 aromatic rings. The number of aliphatic hydroxyl groups is 1. The van der Waals surface area contributed by atoms with Gasteiger partial charge in [-0.2, -0.15) is 0 Å². The SMILES string of the molecule is CC[C@H](NC(=O)[C@H]([C@H](O)[C@H](C)CCN(C)CC1COCCO1)N(C)C(=O)[C@H](C(C)C)N(C)C(=O)[C@H](CC(C)C)N(C)C(=O)CCC(C)C)C(=O)N(C)[C@H](C)C(=O)N(C)[C@@H](CC(C)C)C(=O)N[C@H](C(=O)N(C)[C@@H](CC(C)C)C(=O)N[C@H](C)C(=O)NC(=O)NC)C(C)C. The highest BCUT2D eigenvalue weighted by Crippen LogP contribution is 2.25. The maximum atomic E-state index is 15.2. The van der Waals surface area contributed by atoms with Crippen molar-refractivity contribution in [2.75, 3.05) is 89.3 Å². The third-order valence-electron chi connectivity index (χ3n) is 17.1. The third-order valence-corrected chi connectivity index (χ3v) is 17.1. The molecule has 91 heavy (non-hydrogen) atoms. The summed E-state index contributed by atoms with van der Waals surface area (Å²) in [4.78, 5) is 165. The summed E-state index contributed by atoms with van der Waals surface area (Å²) in [6.07, 6.45) is 0.230. The lowest BCUT2D eigenvalue weighted by Gasteiger charge is -2.41. The van der Waals surface area contributed by atoms with Crippen LogP contribution in [0.5, 0.6) is 0 Å². The predicted octanol–water partition coefficient (Wildman–Crippen LogP) is 2.93. The number of carbonyl (C=O) groups excluding carboxylic acids is 11. The predicted molar refractivity (Wildman–Crippen MR) is 349 cm³/mol. The zero-order valence-corrected chi connectivity index (χ0v) is 59.8. The second-order valence-electron chi connectivity index (χ2n) is 27.5. The summed E-state index contributed by atoms with van der Waals surface area (Å²) in [6.45, 7) is 31.0. The highest BCUT2D eigenvalue weighted by Gasteiger charge is 2.45. The van der Waals surface area contributed by atoms with Gasteiger partial charge in [-0.1, -0.05) is 96.9 Å². The van der Waals surface area contributed by atoms with E-state index in [-0.39, 0.29) is 61.4 Å². The van der Waals surface area contributed by atoms with E-state index in [1.165, 1.54) is 75.7 Å². The summed E-state index contributed by atoms with van der Waals surface area (Å²) in [6, 6.07) is -11.6. The molecule has 0 aromatic heterocycles. The Hall–Kier alpha value is -5.99. The molecule has 0 spiro atoms. The molecule has 1 aliphatic heterocycles. The monoisotopic (exact) mass is 1290 g/mol. The van der Waals surface area contributed by atoms with Crippen molar-refractivity contribution in [1.82, 2.24) is 60.9 Å². The minimum Gasteiger partial charge on any atom is -0.390 e. The first-order valence-corrected chi connectivity index (χ1v) is 32.8. The van der Waals surface area contributed by atoms with E-state index in [9.17, 15) is 48.3 Å². The Morgan fingerprint density at radius 2 is 1.03 bits per heavy atom. The molecule has 0 aromatic carbocycles. The first-order chi connectivity index (χ1) is 42.2. The van der Waals surface area contributed by atoms with Crippen molar-refractivity contribution >= 4 is 65.1 Å². The molecule has 1 fully saturated rings. The third kappa shape index (κ3) is 25.8. The second kappa shape index (κ2) is 39.5. The molecule has 1 rings (SSSR count). The lowest BCUT2D eigenvalue weighted by molar-refractivity contribution is -0.156. The first kappa shape index (κ1) is 83.0. The maximum absolute atomic E-state index is 15.2. The van der Waals surface area contributed by atoms with Crippen LogP contribution in [-0.4, -0.2) is 260 Å². The van der Waals surface area contributed by atoms with Crippen LogP contribution >= 0.6 is 0 Å². The molecule has 1 saturated heterocycles. The molecule has 6 N–H and O–H groups in total. The number of aliphatic hydroxyl groups excluding tert-OH is 1. The molecular formula is C65H120N12O14. The number of hydrogen-bond donors (Lipinski definition) is 6. The lowest BCUT2D eigenvalue weighted by atomic mass is 9.91. The molecule has 26 heteroatoms. The summed E-state index contributed by atoms with van der Waals surface area (Å²) < 4.78 is 11.4. The van der Waals surface area contributed by atoms with Crippen LogP contribution in [0.1, 0.15) is 156 Å². The lowest BCUT2D eigenvalue weighted by Crippen LogP contribution is -2.63. The van der Waals surface area contributed by atoms with Crippen molar-refractivity contribution in [2.24, 2.45) is 41.4 Å². The van der Waals surface area contributed by atoms with Gasteiger partial charge in [-0.3, -0.25) is 53.3 Å². The summed E-state index contributed by atoms with van der Waals surface area (Å²) in [5.74, 6) is -7.88. The van der Waals surface area contributed by atoms with Crippen LogP contribution < -0.4 is 26.6 Å². The number of urea groups is 1. The first-order valence-electron chi connectivity index (χ1n) is 32.8. The molecule has 1 aliphatic rings. The molecule has 1 heterocycles. The van der Waals surface area contributed by atoms with E-state index in [1.807, 2.05) is 67.3 Å². The van der Waals surface area contributed by atoms with Gasteiger partial charge in [-0.25, -0.2) is 4.79 Å². The van der Waals surface area contributed by atoms with Crippen molar-refractivity contribution in [3.63, 3.8) is 0 Å². The zero-order chi connectivity index (χ0) is 70.2. The molecule has 1 unspecified atom stereocenters. The Balaban J connectivity index is 3.72. The zero-order valence-electron chi connectivity index (χ0n) is 59.8. The van der Waals surface area contributed by atoms with E-state index < -0.39 is 137 Å². The minimum atomic E-state index is -1.61. The van der Waals surface area contributed by atoms with Gasteiger partial charge in [-0.15, -0.1) is 0 Å². The quantitative estimate of drug-likeness (QED) is 0.0521. The summed E-state index contributed by atoms with van der Waals surface area (Å²) in [5.41, 5.74) is 0. The van der Waals surface area contributed by atoms with Gasteiger partial charge in [0.2, 0.25) is 59.1 Å². The molecule has 0 radical (unpaired) electrons. The van der Waals surface area contributed by atoms with Crippen LogP contribution in [0.2, 0.25) is 0 Å². The maximum Gasteiger partial charge on any atom is 0.321 e. The molecular weight excluding hydrogens is 1170 g/mol. The van der Waals surface area contributed by atoms with E-state index in [1.54, 1.807) is 48.6 Å². The Kier molecular flexibility index (Phi) is 36.1. The van der Waals surface area contributed by atoms with E-state index >= 15 is 9.59 Å². The van der Waals surface area contributed by atoms with Gasteiger partial charge in [0.15, 0.2) is 0 Å². The van der Waals surface area contributed by atoms with Gasteiger partial charge < -0.3 is 70.1 Å². The van der Waals surface area contributed by atoms with Crippen LogP contribution in [0.3, 0.4) is 0 Å². The molecule has 0 saturated carbocycles. The van der Waals surface area contributed by atoms with Gasteiger partial charge in [0.05, 0.1) is 32.0 Å². The standard InChI is InChI=1S/C65H120N12O14/c1-25-47(61(85)72(19)45(16)60(84)74(21)49(33-39(6)7)58(82)69-52(41(10)11)63(87)75(22)48(32-38(4)5)57(81)67-44(15)56(80)70-65(89)66-17)68-59(83)54(55(79)43(14)28-29-71(18)35-46-36-90-30-31-91-46)77(24)64(88)53(42(12)13)76(23)62(86)50(34-40(8)9)73(20)51(78)27-26-37(2)3/h37-50,52-55,79H,25-36H2,1-24H3,(H,67,81)(H,68,83)(H,69,82)(H2,66,70,80,89)/t43-,44-,45-,46?,47+,48+,49+,50+,52+,53+,54+,55-/m1/s1. The Bertz CT molecular complexity index is 2390. The normalized spacial score (nSPS) is 17.2. The smallest absolute Gasteiger partial charge is 0.321 e. The van der Waals surface area contributed by atoms with Crippen molar-refractivity contribution in [3.8, 4) is 0 Å². The van der Waals surface area contributed by atoms with E-state index in [0.717, 1.165) is 9.80 Å². The van der Waals surface area contributed by atoms with E-state index in [0.29, 0.717) is 52.2 Å². The van der Waals surface area contributed by atoms with Crippen LogP contribution in [-0.2, 0) is 57.4 Å². The second-order valence-corrected chi connectivity index (χ2v) is 27.5. The van der Waals surface area contributed by atoms with Crippen molar-refractivity contribution in [3.05, 3.63) is 0 Å².